The molecule has 5 heteroatoms. The van der Waals surface area contributed by atoms with Gasteiger partial charge in [-0.15, -0.1) is 0 Å². The highest BCUT2D eigenvalue weighted by atomic mass is 16.8. The van der Waals surface area contributed by atoms with Crippen molar-refractivity contribution in [1.29, 1.82) is 0 Å². The van der Waals surface area contributed by atoms with E-state index in [9.17, 15) is 5.11 Å². The van der Waals surface area contributed by atoms with Gasteiger partial charge in [-0.2, -0.15) is 0 Å². The highest BCUT2D eigenvalue weighted by molar-refractivity contribution is 5.24. The van der Waals surface area contributed by atoms with Crippen molar-refractivity contribution in [3.8, 4) is 0 Å². The van der Waals surface area contributed by atoms with Gasteiger partial charge in [0.2, 0.25) is 0 Å². The lowest BCUT2D eigenvalue weighted by atomic mass is 9.92. The minimum Gasteiger partial charge on any atom is -0.389 e. The number of benzene rings is 1. The summed E-state index contributed by atoms with van der Waals surface area (Å²) in [6.45, 7) is 4.15. The third-order valence-corrected chi connectivity index (χ3v) is 4.68. The number of hydrogen-bond donors (Lipinski definition) is 1. The van der Waals surface area contributed by atoms with Crippen LogP contribution in [0.3, 0.4) is 0 Å². The first kappa shape index (κ1) is 15.3. The van der Waals surface area contributed by atoms with Gasteiger partial charge in [0, 0.05) is 0 Å². The van der Waals surface area contributed by atoms with Crippen LogP contribution in [0.2, 0.25) is 0 Å². The Labute approximate surface area is 135 Å². The molecule has 0 aromatic heterocycles. The van der Waals surface area contributed by atoms with Crippen LogP contribution in [-0.4, -0.2) is 41.1 Å². The Bertz CT molecular complexity index is 599. The zero-order valence-corrected chi connectivity index (χ0v) is 13.3. The van der Waals surface area contributed by atoms with Gasteiger partial charge in [-0.1, -0.05) is 42.5 Å². The van der Waals surface area contributed by atoms with E-state index in [4.69, 9.17) is 18.9 Å². The Hall–Kier alpha value is -1.24. The van der Waals surface area contributed by atoms with E-state index in [2.05, 4.69) is 0 Å². The van der Waals surface area contributed by atoms with Crippen LogP contribution in [0.25, 0.3) is 0 Å². The largest absolute Gasteiger partial charge is 0.389 e. The van der Waals surface area contributed by atoms with E-state index in [1.807, 2.05) is 56.3 Å². The van der Waals surface area contributed by atoms with Crippen LogP contribution in [0, 0.1) is 0 Å². The molecule has 0 radical (unpaired) electrons. The first-order chi connectivity index (χ1) is 11.0. The summed E-state index contributed by atoms with van der Waals surface area (Å²) >= 11 is 0. The van der Waals surface area contributed by atoms with Crippen molar-refractivity contribution in [3.05, 3.63) is 48.0 Å². The Morgan fingerprint density at radius 3 is 2.65 bits per heavy atom. The summed E-state index contributed by atoms with van der Waals surface area (Å²) in [5.74, 6) is -0.710. The van der Waals surface area contributed by atoms with E-state index >= 15 is 0 Å². The monoisotopic (exact) mass is 318 g/mol. The summed E-state index contributed by atoms with van der Waals surface area (Å²) in [5, 5.41) is 10.5. The van der Waals surface area contributed by atoms with E-state index in [-0.39, 0.29) is 6.10 Å². The van der Waals surface area contributed by atoms with Crippen molar-refractivity contribution in [2.24, 2.45) is 0 Å². The number of hydrogen-bond acceptors (Lipinski definition) is 5. The van der Waals surface area contributed by atoms with Gasteiger partial charge >= 0.3 is 0 Å². The van der Waals surface area contributed by atoms with E-state index in [1.54, 1.807) is 0 Å². The Balaban J connectivity index is 1.58. The van der Waals surface area contributed by atoms with Crippen LogP contribution in [-0.2, 0) is 25.6 Å². The quantitative estimate of drug-likeness (QED) is 0.865. The molecule has 2 fully saturated rings. The van der Waals surface area contributed by atoms with Gasteiger partial charge < -0.3 is 24.1 Å². The summed E-state index contributed by atoms with van der Waals surface area (Å²) in [6, 6.07) is 9.95. The summed E-state index contributed by atoms with van der Waals surface area (Å²) < 4.78 is 24.0. The summed E-state index contributed by atoms with van der Waals surface area (Å²) in [7, 11) is 0. The molecular formula is C18H22O5. The topological polar surface area (TPSA) is 57.2 Å². The van der Waals surface area contributed by atoms with Crippen LogP contribution in [0.5, 0.6) is 0 Å². The van der Waals surface area contributed by atoms with Gasteiger partial charge in [0.05, 0.1) is 12.7 Å². The maximum absolute atomic E-state index is 10.5. The molecule has 1 aromatic carbocycles. The number of aliphatic hydroxyl groups is 1. The van der Waals surface area contributed by atoms with Crippen molar-refractivity contribution >= 4 is 0 Å². The van der Waals surface area contributed by atoms with Gasteiger partial charge in [0.1, 0.15) is 17.8 Å². The first-order valence-electron chi connectivity index (χ1n) is 8.05. The Morgan fingerprint density at radius 2 is 1.96 bits per heavy atom. The molecule has 1 spiro atoms. The van der Waals surface area contributed by atoms with Gasteiger partial charge in [-0.05, 0) is 25.8 Å². The second-order valence-corrected chi connectivity index (χ2v) is 6.81. The molecule has 0 bridgehead atoms. The lowest BCUT2D eigenvalue weighted by molar-refractivity contribution is -0.248. The molecule has 0 saturated carbocycles. The fraction of sp³-hybridized carbons (Fsp3) is 0.556. The lowest BCUT2D eigenvalue weighted by Crippen LogP contribution is -2.51. The Morgan fingerprint density at radius 1 is 1.17 bits per heavy atom. The second-order valence-electron chi connectivity index (χ2n) is 6.81. The molecule has 4 rings (SSSR count). The molecule has 0 amide bonds. The summed E-state index contributed by atoms with van der Waals surface area (Å²) in [5.41, 5.74) is 0.182. The van der Waals surface area contributed by atoms with Crippen LogP contribution in [0.1, 0.15) is 25.8 Å². The predicted molar refractivity (Wildman–Crippen MR) is 82.4 cm³/mol. The molecule has 1 unspecified atom stereocenters. The molecule has 2 aliphatic heterocycles. The van der Waals surface area contributed by atoms with Gasteiger partial charge in [0.25, 0.3) is 0 Å². The van der Waals surface area contributed by atoms with Gasteiger partial charge in [-0.3, -0.25) is 0 Å². The zero-order chi connectivity index (χ0) is 16.1. The average Bonchev–Trinajstić information content (AvgIpc) is 3.10. The van der Waals surface area contributed by atoms with Crippen LogP contribution < -0.4 is 0 Å². The van der Waals surface area contributed by atoms with Gasteiger partial charge in [-0.25, -0.2) is 0 Å². The summed E-state index contributed by atoms with van der Waals surface area (Å²) in [6.07, 6.45) is 2.43. The molecule has 1 aromatic rings. The number of aliphatic hydroxyl groups excluding tert-OH is 1. The highest BCUT2D eigenvalue weighted by Gasteiger charge is 2.64. The van der Waals surface area contributed by atoms with Crippen molar-refractivity contribution in [3.63, 3.8) is 0 Å². The molecule has 1 N–H and O–H groups in total. The molecule has 23 heavy (non-hydrogen) atoms. The normalized spacial score (nSPS) is 40.8. The molecule has 2 heterocycles. The molecule has 3 aliphatic rings. The van der Waals surface area contributed by atoms with Crippen LogP contribution >= 0.6 is 0 Å². The predicted octanol–water partition coefficient (Wildman–Crippen LogP) is 2.14. The smallest absolute Gasteiger partial charge is 0.191 e. The van der Waals surface area contributed by atoms with Crippen LogP contribution in [0.15, 0.2) is 42.5 Å². The van der Waals surface area contributed by atoms with Crippen molar-refractivity contribution in [1.82, 2.24) is 0 Å². The third kappa shape index (κ3) is 2.53. The third-order valence-electron chi connectivity index (χ3n) is 4.68. The maximum Gasteiger partial charge on any atom is 0.191 e. The fourth-order valence-electron chi connectivity index (χ4n) is 3.64. The molecule has 5 nitrogen and oxygen atoms in total. The van der Waals surface area contributed by atoms with Crippen molar-refractivity contribution < 1.29 is 24.1 Å². The Kier molecular flexibility index (Phi) is 3.59. The van der Waals surface area contributed by atoms with Crippen molar-refractivity contribution in [2.45, 2.75) is 62.9 Å². The summed E-state index contributed by atoms with van der Waals surface area (Å²) in [4.78, 5) is 0. The van der Waals surface area contributed by atoms with Gasteiger partial charge in [0.15, 0.2) is 12.1 Å². The van der Waals surface area contributed by atoms with Crippen molar-refractivity contribution in [2.75, 3.05) is 0 Å². The van der Waals surface area contributed by atoms with E-state index < -0.39 is 29.9 Å². The van der Waals surface area contributed by atoms with E-state index in [1.165, 1.54) is 0 Å². The number of ether oxygens (including phenoxy) is 4. The number of rotatable bonds is 3. The number of fused-ring (bicyclic) bond motifs is 1. The lowest BCUT2D eigenvalue weighted by Gasteiger charge is -2.35. The zero-order valence-electron chi connectivity index (χ0n) is 13.3. The van der Waals surface area contributed by atoms with Crippen LogP contribution in [0.4, 0.5) is 0 Å². The standard InChI is InChI=1S/C18H22O5/c1-17(2)21-14-15(20-11-12-7-4-3-5-8-12)18(23-16(14)22-17)10-6-9-13(18)19/h3-8,10,13-16,19H,9,11H2,1-2H3/t13?,14-,15-,16+,18+/m1/s1. The first-order valence-corrected chi connectivity index (χ1v) is 8.05. The minimum atomic E-state index is -0.888. The molecule has 2 saturated heterocycles. The van der Waals surface area contributed by atoms with E-state index in [0.29, 0.717) is 13.0 Å². The minimum absolute atomic E-state index is 0.355. The molecule has 124 valence electrons. The highest BCUT2D eigenvalue weighted by Crippen LogP contribution is 2.48. The maximum atomic E-state index is 10.5. The SMILES string of the molecule is CC1(C)O[C@H]2O[C@]3(C=CCC3O)[C@H](OCc3ccccc3)[C@H]2O1. The second kappa shape index (κ2) is 5.40. The fourth-order valence-corrected chi connectivity index (χ4v) is 3.64. The van der Waals surface area contributed by atoms with E-state index in [0.717, 1.165) is 5.56 Å². The molecular weight excluding hydrogens is 296 g/mol. The molecule has 1 aliphatic carbocycles. The molecule has 5 atom stereocenters. The average molecular weight is 318 g/mol.